The van der Waals surface area contributed by atoms with Crippen LogP contribution in [0.1, 0.15) is 30.6 Å². The van der Waals surface area contributed by atoms with Gasteiger partial charge in [0, 0.05) is 18.8 Å². The molecule has 0 aliphatic rings. The molecule has 0 aliphatic carbocycles. The lowest BCUT2D eigenvalue weighted by Gasteiger charge is -2.19. The van der Waals surface area contributed by atoms with Crippen molar-refractivity contribution in [3.05, 3.63) is 48.1 Å². The maximum atomic E-state index is 13.9. The normalized spacial score (nSPS) is 12.6. The second-order valence-electron chi connectivity index (χ2n) is 4.21. The topological polar surface area (TPSA) is 42.7 Å². The molecule has 2 heterocycles. The van der Waals surface area contributed by atoms with Gasteiger partial charge in [0.2, 0.25) is 0 Å². The highest BCUT2D eigenvalue weighted by molar-refractivity contribution is 5.26. The van der Waals surface area contributed by atoms with Crippen LogP contribution in [0.3, 0.4) is 0 Å². The van der Waals surface area contributed by atoms with Gasteiger partial charge in [0.05, 0.1) is 30.5 Å². The van der Waals surface area contributed by atoms with Gasteiger partial charge in [0.1, 0.15) is 5.82 Å². The minimum Gasteiger partial charge on any atom is -0.336 e. The van der Waals surface area contributed by atoms with Gasteiger partial charge < -0.3 is 9.88 Å². The molecule has 0 aromatic carbocycles. The van der Waals surface area contributed by atoms with Crippen molar-refractivity contribution in [3.8, 4) is 0 Å². The highest BCUT2D eigenvalue weighted by Gasteiger charge is 2.19. The van der Waals surface area contributed by atoms with Crippen LogP contribution >= 0.6 is 0 Å². The molecule has 2 rings (SSSR count). The van der Waals surface area contributed by atoms with E-state index in [1.807, 2.05) is 11.6 Å². The van der Waals surface area contributed by atoms with Crippen LogP contribution in [-0.2, 0) is 7.05 Å². The Morgan fingerprint density at radius 3 is 2.83 bits per heavy atom. The molecular formula is C13H17FN4. The average molecular weight is 248 g/mol. The Balaban J connectivity index is 2.37. The third-order valence-electron chi connectivity index (χ3n) is 2.86. The van der Waals surface area contributed by atoms with E-state index in [-0.39, 0.29) is 11.9 Å². The predicted molar refractivity (Wildman–Crippen MR) is 67.5 cm³/mol. The smallest absolute Gasteiger partial charge is 0.146 e. The second kappa shape index (κ2) is 5.73. The third-order valence-corrected chi connectivity index (χ3v) is 2.86. The summed E-state index contributed by atoms with van der Waals surface area (Å²) >= 11 is 0. The number of hydrogen-bond acceptors (Lipinski definition) is 3. The summed E-state index contributed by atoms with van der Waals surface area (Å²) < 4.78 is 15.8. The molecule has 4 nitrogen and oxygen atoms in total. The Hall–Kier alpha value is -1.75. The lowest BCUT2D eigenvalue weighted by atomic mass is 10.0. The number of rotatable bonds is 5. The molecular weight excluding hydrogens is 231 g/mol. The summed E-state index contributed by atoms with van der Waals surface area (Å²) in [6.45, 7) is 2.90. The van der Waals surface area contributed by atoms with E-state index in [1.165, 1.54) is 6.20 Å². The molecule has 2 aromatic rings. The van der Waals surface area contributed by atoms with Gasteiger partial charge in [-0.05, 0) is 19.0 Å². The maximum Gasteiger partial charge on any atom is 0.146 e. The van der Waals surface area contributed by atoms with Gasteiger partial charge in [0.25, 0.3) is 0 Å². The van der Waals surface area contributed by atoms with Crippen LogP contribution in [0.4, 0.5) is 4.39 Å². The summed E-state index contributed by atoms with van der Waals surface area (Å²) in [4.78, 5) is 7.88. The highest BCUT2D eigenvalue weighted by Crippen LogP contribution is 2.23. The fourth-order valence-electron chi connectivity index (χ4n) is 1.93. The zero-order valence-corrected chi connectivity index (χ0v) is 10.6. The fraction of sp³-hybridized carbons (Fsp3) is 0.385. The van der Waals surface area contributed by atoms with Crippen molar-refractivity contribution >= 4 is 0 Å². The zero-order valence-electron chi connectivity index (χ0n) is 10.6. The molecule has 1 unspecified atom stereocenters. The molecule has 0 radical (unpaired) electrons. The largest absolute Gasteiger partial charge is 0.336 e. The highest BCUT2D eigenvalue weighted by atomic mass is 19.1. The molecule has 1 N–H and O–H groups in total. The first-order valence-corrected chi connectivity index (χ1v) is 6.03. The molecule has 96 valence electrons. The summed E-state index contributed by atoms with van der Waals surface area (Å²) in [5, 5.41) is 3.34. The first-order valence-electron chi connectivity index (χ1n) is 6.03. The van der Waals surface area contributed by atoms with Crippen LogP contribution in [0.5, 0.6) is 0 Å². The van der Waals surface area contributed by atoms with Gasteiger partial charge in [-0.2, -0.15) is 0 Å². The number of imidazole rings is 1. The second-order valence-corrected chi connectivity index (χ2v) is 4.21. The van der Waals surface area contributed by atoms with Crippen molar-refractivity contribution in [3.63, 3.8) is 0 Å². The van der Waals surface area contributed by atoms with Crippen LogP contribution in [0, 0.1) is 5.82 Å². The lowest BCUT2D eigenvalue weighted by molar-refractivity contribution is 0.526. The number of halogens is 1. The lowest BCUT2D eigenvalue weighted by Crippen LogP contribution is -2.25. The standard InChI is InChI=1S/C13H17FN4/c1-3-5-17-13(12-8-16-9-18(12)2)10-4-6-15-7-11(10)14/h4,6-9,13,17H,3,5H2,1-2H3. The van der Waals surface area contributed by atoms with Crippen molar-refractivity contribution in [1.29, 1.82) is 0 Å². The van der Waals surface area contributed by atoms with Crippen LogP contribution in [0.15, 0.2) is 31.0 Å². The van der Waals surface area contributed by atoms with Gasteiger partial charge >= 0.3 is 0 Å². The van der Waals surface area contributed by atoms with Gasteiger partial charge in [-0.15, -0.1) is 0 Å². The summed E-state index contributed by atoms with van der Waals surface area (Å²) in [5.74, 6) is -0.299. The van der Waals surface area contributed by atoms with Gasteiger partial charge in [0.15, 0.2) is 0 Å². The van der Waals surface area contributed by atoms with Crippen LogP contribution in [0.25, 0.3) is 0 Å². The monoisotopic (exact) mass is 248 g/mol. The molecule has 5 heteroatoms. The van der Waals surface area contributed by atoms with E-state index in [2.05, 4.69) is 22.2 Å². The average Bonchev–Trinajstić information content (AvgIpc) is 2.78. The molecule has 0 fully saturated rings. The first kappa shape index (κ1) is 12.7. The van der Waals surface area contributed by atoms with E-state index in [1.54, 1.807) is 24.8 Å². The van der Waals surface area contributed by atoms with Crippen LogP contribution in [0.2, 0.25) is 0 Å². The maximum absolute atomic E-state index is 13.9. The molecule has 0 aliphatic heterocycles. The van der Waals surface area contributed by atoms with Crippen LogP contribution < -0.4 is 5.32 Å². The number of aromatic nitrogens is 3. The Bertz CT molecular complexity index is 509. The van der Waals surface area contributed by atoms with E-state index >= 15 is 0 Å². The number of hydrogen-bond donors (Lipinski definition) is 1. The number of nitrogens with zero attached hydrogens (tertiary/aromatic N) is 3. The van der Waals surface area contributed by atoms with Crippen molar-refractivity contribution in [2.45, 2.75) is 19.4 Å². The number of pyridine rings is 1. The van der Waals surface area contributed by atoms with Gasteiger partial charge in [-0.25, -0.2) is 9.37 Å². The minimum absolute atomic E-state index is 0.194. The summed E-state index contributed by atoms with van der Waals surface area (Å²) in [5.41, 5.74) is 1.54. The Labute approximate surface area is 106 Å². The fourth-order valence-corrected chi connectivity index (χ4v) is 1.93. The molecule has 0 bridgehead atoms. The van der Waals surface area contributed by atoms with Crippen LogP contribution in [-0.4, -0.2) is 21.1 Å². The number of aryl methyl sites for hydroxylation is 1. The first-order chi connectivity index (χ1) is 8.74. The Morgan fingerprint density at radius 2 is 2.22 bits per heavy atom. The van der Waals surface area contributed by atoms with E-state index in [4.69, 9.17) is 0 Å². The Morgan fingerprint density at radius 1 is 1.39 bits per heavy atom. The third kappa shape index (κ3) is 2.56. The molecule has 2 aromatic heterocycles. The molecule has 18 heavy (non-hydrogen) atoms. The zero-order chi connectivity index (χ0) is 13.0. The van der Waals surface area contributed by atoms with E-state index in [9.17, 15) is 4.39 Å². The van der Waals surface area contributed by atoms with Crippen molar-refractivity contribution < 1.29 is 4.39 Å². The SMILES string of the molecule is CCCNC(c1ccncc1F)c1cncn1C. The molecule has 0 spiro atoms. The molecule has 0 saturated carbocycles. The van der Waals surface area contributed by atoms with E-state index < -0.39 is 0 Å². The molecule has 0 amide bonds. The van der Waals surface area contributed by atoms with Crippen molar-refractivity contribution in [2.24, 2.45) is 7.05 Å². The number of nitrogens with one attached hydrogen (secondary N) is 1. The van der Waals surface area contributed by atoms with Crippen molar-refractivity contribution in [1.82, 2.24) is 19.9 Å². The summed E-state index contributed by atoms with van der Waals surface area (Å²) in [7, 11) is 1.90. The minimum atomic E-state index is -0.299. The molecule has 1 atom stereocenters. The van der Waals surface area contributed by atoms with E-state index in [0.717, 1.165) is 18.7 Å². The Kier molecular flexibility index (Phi) is 4.04. The summed E-state index contributed by atoms with van der Waals surface area (Å²) in [6, 6.07) is 1.51. The van der Waals surface area contributed by atoms with Gasteiger partial charge in [-0.1, -0.05) is 6.92 Å². The predicted octanol–water partition coefficient (Wildman–Crippen LogP) is 2.04. The van der Waals surface area contributed by atoms with Gasteiger partial charge in [-0.3, -0.25) is 4.98 Å². The quantitative estimate of drug-likeness (QED) is 0.880. The summed E-state index contributed by atoms with van der Waals surface area (Å²) in [6.07, 6.45) is 7.31. The molecule has 0 saturated heterocycles. The van der Waals surface area contributed by atoms with E-state index in [0.29, 0.717) is 5.56 Å². The van der Waals surface area contributed by atoms with Crippen molar-refractivity contribution in [2.75, 3.05) is 6.54 Å².